The quantitative estimate of drug-likeness (QED) is 0.527. The lowest BCUT2D eigenvalue weighted by molar-refractivity contribution is -0.160. The summed E-state index contributed by atoms with van der Waals surface area (Å²) in [6.45, 7) is 1.14. The Bertz CT molecular complexity index is 1010. The molecule has 0 bridgehead atoms. The highest BCUT2D eigenvalue weighted by Gasteiger charge is 2.43. The van der Waals surface area contributed by atoms with Crippen molar-refractivity contribution in [2.24, 2.45) is 5.41 Å². The third-order valence-corrected chi connectivity index (χ3v) is 6.80. The average Bonchev–Trinajstić information content (AvgIpc) is 2.84. The predicted octanol–water partition coefficient (Wildman–Crippen LogP) is 5.28. The van der Waals surface area contributed by atoms with Gasteiger partial charge in [0.25, 0.3) is 5.91 Å². The molecule has 8 heteroatoms. The number of hydrogen-bond donors (Lipinski definition) is 0. The summed E-state index contributed by atoms with van der Waals surface area (Å²) in [6.07, 6.45) is -0.220. The number of ether oxygens (including phenoxy) is 2. The van der Waals surface area contributed by atoms with Gasteiger partial charge >= 0.3 is 12.1 Å². The van der Waals surface area contributed by atoms with Crippen molar-refractivity contribution in [1.29, 1.82) is 0 Å². The van der Waals surface area contributed by atoms with E-state index in [0.29, 0.717) is 32.4 Å². The van der Waals surface area contributed by atoms with Crippen LogP contribution in [0.15, 0.2) is 48.5 Å². The van der Waals surface area contributed by atoms with E-state index < -0.39 is 17.2 Å². The fourth-order valence-electron chi connectivity index (χ4n) is 4.75. The molecular formula is C26H28F3NO4. The number of carbonyl (C=O) groups excluding carboxylic acids is 2. The Hall–Kier alpha value is -3.03. The van der Waals surface area contributed by atoms with E-state index in [9.17, 15) is 22.8 Å². The molecule has 1 spiro atoms. The van der Waals surface area contributed by atoms with E-state index >= 15 is 0 Å². The number of aryl methyl sites for hydroxylation is 1. The molecule has 0 radical (unpaired) electrons. The molecule has 0 aromatic heterocycles. The van der Waals surface area contributed by atoms with Crippen LogP contribution in [0.2, 0.25) is 0 Å². The number of para-hydroxylation sites is 1. The van der Waals surface area contributed by atoms with Crippen molar-refractivity contribution < 1.29 is 32.2 Å². The summed E-state index contributed by atoms with van der Waals surface area (Å²) in [6, 6.07) is 12.1. The minimum absolute atomic E-state index is 0.156. The summed E-state index contributed by atoms with van der Waals surface area (Å²) in [5.41, 5.74) is -0.0963. The monoisotopic (exact) mass is 475 g/mol. The molecule has 5 nitrogen and oxygen atoms in total. The number of benzene rings is 2. The van der Waals surface area contributed by atoms with E-state index in [-0.39, 0.29) is 30.7 Å². The van der Waals surface area contributed by atoms with Gasteiger partial charge in [-0.05, 0) is 68.0 Å². The number of alkyl halides is 3. The second kappa shape index (κ2) is 10.1. The summed E-state index contributed by atoms with van der Waals surface area (Å²) < 4.78 is 49.8. The second-order valence-corrected chi connectivity index (χ2v) is 8.95. The van der Waals surface area contributed by atoms with Crippen LogP contribution >= 0.6 is 0 Å². The van der Waals surface area contributed by atoms with Crippen LogP contribution in [0.5, 0.6) is 5.75 Å². The first kappa shape index (κ1) is 24.1. The number of cyclic esters (lactones) is 1. The average molecular weight is 476 g/mol. The summed E-state index contributed by atoms with van der Waals surface area (Å²) in [5, 5.41) is 0. The lowest BCUT2D eigenvalue weighted by Crippen LogP contribution is -2.47. The summed E-state index contributed by atoms with van der Waals surface area (Å²) >= 11 is 0. The highest BCUT2D eigenvalue weighted by atomic mass is 19.4. The number of esters is 1. The van der Waals surface area contributed by atoms with Crippen LogP contribution in [0, 0.1) is 5.41 Å². The molecule has 2 aliphatic heterocycles. The molecule has 182 valence electrons. The minimum atomic E-state index is -4.44. The van der Waals surface area contributed by atoms with Crippen molar-refractivity contribution in [2.45, 2.75) is 44.7 Å². The molecule has 2 heterocycles. The van der Waals surface area contributed by atoms with E-state index in [1.165, 1.54) is 12.1 Å². The maximum Gasteiger partial charge on any atom is 0.416 e. The van der Waals surface area contributed by atoms with E-state index in [1.54, 1.807) is 4.90 Å². The predicted molar refractivity (Wildman–Crippen MR) is 119 cm³/mol. The van der Waals surface area contributed by atoms with Crippen molar-refractivity contribution in [3.05, 3.63) is 65.2 Å². The first-order valence-electron chi connectivity index (χ1n) is 11.6. The van der Waals surface area contributed by atoms with Gasteiger partial charge in [0.2, 0.25) is 0 Å². The van der Waals surface area contributed by atoms with Crippen molar-refractivity contribution >= 4 is 11.9 Å². The van der Waals surface area contributed by atoms with Crippen molar-refractivity contribution in [3.63, 3.8) is 0 Å². The fraction of sp³-hybridized carbons (Fsp3) is 0.462. The third kappa shape index (κ3) is 5.37. The first-order chi connectivity index (χ1) is 16.3. The standard InChI is InChI=1S/C26H28F3NO4/c27-26(28,29)21-10-8-20(9-11-21)23(31)30-15-13-25(14-16-30)12-4-3-6-19-5-1-2-7-22(19)33-17-18-34-24(25)32/h1-2,5,7-11H,3-4,6,12-18H2. The zero-order chi connectivity index (χ0) is 24.2. The number of fused-ring (bicyclic) bond motifs is 1. The van der Waals surface area contributed by atoms with Crippen LogP contribution in [0.1, 0.15) is 53.6 Å². The second-order valence-electron chi connectivity index (χ2n) is 8.95. The van der Waals surface area contributed by atoms with Gasteiger partial charge in [-0.3, -0.25) is 9.59 Å². The highest BCUT2D eigenvalue weighted by Crippen LogP contribution is 2.39. The Morgan fingerprint density at radius 3 is 2.26 bits per heavy atom. The summed E-state index contributed by atoms with van der Waals surface area (Å²) in [4.78, 5) is 27.5. The number of rotatable bonds is 1. The van der Waals surface area contributed by atoms with Crippen LogP contribution in [-0.2, 0) is 22.1 Å². The van der Waals surface area contributed by atoms with E-state index in [2.05, 4.69) is 0 Å². The number of nitrogens with zero attached hydrogens (tertiary/aromatic N) is 1. The van der Waals surface area contributed by atoms with Gasteiger partial charge in [-0.2, -0.15) is 13.2 Å². The molecule has 1 saturated heterocycles. The molecule has 2 aliphatic rings. The number of halogens is 3. The maximum absolute atomic E-state index is 13.0. The molecule has 2 aromatic rings. The lowest BCUT2D eigenvalue weighted by Gasteiger charge is -2.40. The number of carbonyl (C=O) groups is 2. The maximum atomic E-state index is 13.0. The molecule has 4 rings (SSSR count). The smallest absolute Gasteiger partial charge is 0.416 e. The summed E-state index contributed by atoms with van der Waals surface area (Å²) in [5.74, 6) is 0.241. The highest BCUT2D eigenvalue weighted by molar-refractivity contribution is 5.94. The lowest BCUT2D eigenvalue weighted by atomic mass is 9.74. The third-order valence-electron chi connectivity index (χ3n) is 6.80. The molecule has 34 heavy (non-hydrogen) atoms. The van der Waals surface area contributed by atoms with E-state index in [1.807, 2.05) is 24.3 Å². The summed E-state index contributed by atoms with van der Waals surface area (Å²) in [7, 11) is 0. The Morgan fingerprint density at radius 1 is 0.882 bits per heavy atom. The van der Waals surface area contributed by atoms with Gasteiger partial charge in [-0.25, -0.2) is 0 Å². The largest absolute Gasteiger partial charge is 0.490 e. The van der Waals surface area contributed by atoms with Crippen LogP contribution in [-0.4, -0.2) is 43.1 Å². The van der Waals surface area contributed by atoms with Crippen LogP contribution in [0.4, 0.5) is 13.2 Å². The molecule has 0 aliphatic carbocycles. The molecule has 2 aromatic carbocycles. The van der Waals surface area contributed by atoms with Crippen LogP contribution < -0.4 is 4.74 Å². The molecular weight excluding hydrogens is 447 g/mol. The zero-order valence-corrected chi connectivity index (χ0v) is 18.9. The fourth-order valence-corrected chi connectivity index (χ4v) is 4.75. The normalized spacial score (nSPS) is 19.3. The Morgan fingerprint density at radius 2 is 1.56 bits per heavy atom. The van der Waals surface area contributed by atoms with Crippen LogP contribution in [0.25, 0.3) is 0 Å². The molecule has 0 saturated carbocycles. The van der Waals surface area contributed by atoms with Crippen molar-refractivity contribution in [1.82, 2.24) is 4.90 Å². The van der Waals surface area contributed by atoms with Gasteiger partial charge in [-0.1, -0.05) is 24.6 Å². The van der Waals surface area contributed by atoms with Gasteiger partial charge in [-0.15, -0.1) is 0 Å². The molecule has 1 amide bonds. The molecule has 0 unspecified atom stereocenters. The molecule has 0 atom stereocenters. The molecule has 1 fully saturated rings. The Labute approximate surface area is 196 Å². The SMILES string of the molecule is O=C(c1ccc(C(F)(F)F)cc1)N1CCC2(CCCCc3ccccc3OCCOC2=O)CC1. The van der Waals surface area contributed by atoms with Crippen LogP contribution in [0.3, 0.4) is 0 Å². The van der Waals surface area contributed by atoms with Gasteiger partial charge in [0.1, 0.15) is 19.0 Å². The number of amides is 1. The Balaban J connectivity index is 1.40. The first-order valence-corrected chi connectivity index (χ1v) is 11.6. The van der Waals surface area contributed by atoms with Gasteiger partial charge < -0.3 is 14.4 Å². The topological polar surface area (TPSA) is 55.8 Å². The van der Waals surface area contributed by atoms with E-state index in [4.69, 9.17) is 9.47 Å². The minimum Gasteiger partial charge on any atom is -0.490 e. The Kier molecular flexibility index (Phi) is 7.14. The number of hydrogen-bond acceptors (Lipinski definition) is 4. The van der Waals surface area contributed by atoms with Gasteiger partial charge in [0.15, 0.2) is 0 Å². The van der Waals surface area contributed by atoms with Crippen molar-refractivity contribution in [2.75, 3.05) is 26.3 Å². The zero-order valence-electron chi connectivity index (χ0n) is 18.9. The number of piperidine rings is 1. The van der Waals surface area contributed by atoms with Gasteiger partial charge in [0, 0.05) is 18.7 Å². The molecule has 0 N–H and O–H groups in total. The number of likely N-dealkylation sites (tertiary alicyclic amines) is 1. The van der Waals surface area contributed by atoms with Crippen molar-refractivity contribution in [3.8, 4) is 5.75 Å². The van der Waals surface area contributed by atoms with Gasteiger partial charge in [0.05, 0.1) is 11.0 Å². The van der Waals surface area contributed by atoms with E-state index in [0.717, 1.165) is 42.7 Å².